The second-order valence-electron chi connectivity index (χ2n) is 19.0. The van der Waals surface area contributed by atoms with Crippen molar-refractivity contribution >= 4 is 11.9 Å². The lowest BCUT2D eigenvalue weighted by molar-refractivity contribution is -0.151. The van der Waals surface area contributed by atoms with Gasteiger partial charge < -0.3 is 20.3 Å². The van der Waals surface area contributed by atoms with Gasteiger partial charge in [-0.2, -0.15) is 0 Å². The molecule has 60 heavy (non-hydrogen) atoms. The molecule has 0 aromatic carbocycles. The largest absolute Gasteiger partial charge is 0.462 e. The minimum atomic E-state index is -0.779. The van der Waals surface area contributed by atoms with Crippen molar-refractivity contribution in [3.05, 3.63) is 0 Å². The number of aliphatic hydroxyl groups is 2. The fourth-order valence-electron chi connectivity index (χ4n) is 8.79. The number of nitrogens with one attached hydrogen (secondary N) is 1. The van der Waals surface area contributed by atoms with E-state index in [4.69, 9.17) is 4.74 Å². The molecule has 0 rings (SSSR count). The molecule has 6 nitrogen and oxygen atoms in total. The number of esters is 1. The average molecular weight is 850 g/mol. The van der Waals surface area contributed by atoms with Crippen molar-refractivity contribution < 1.29 is 24.5 Å². The monoisotopic (exact) mass is 850 g/mol. The Kier molecular flexibility index (Phi) is 48.0. The van der Waals surface area contributed by atoms with Crippen LogP contribution in [0.2, 0.25) is 0 Å². The standard InChI is InChI=1S/C54H107NO5/c1-4-7-10-13-16-19-22-25-26-27-29-31-34-37-40-43-46-52(57)51(49-56)55-53(58)48-50(45-42-39-36-33-30-28-23-20-17-14-11-8-5-2)60-54(59)47-44-41-38-35-32-24-21-18-15-12-9-6-3/h50-52,56-57H,4-49H2,1-3H3,(H,55,58). The highest BCUT2D eigenvalue weighted by Gasteiger charge is 2.24. The minimum Gasteiger partial charge on any atom is -0.462 e. The van der Waals surface area contributed by atoms with E-state index in [0.29, 0.717) is 19.3 Å². The molecule has 0 bridgehead atoms. The lowest BCUT2D eigenvalue weighted by Gasteiger charge is -2.24. The first kappa shape index (κ1) is 58.9. The fraction of sp³-hybridized carbons (Fsp3) is 0.963. The fourth-order valence-corrected chi connectivity index (χ4v) is 8.79. The third kappa shape index (κ3) is 43.5. The number of hydrogen-bond acceptors (Lipinski definition) is 5. The number of unbranched alkanes of at least 4 members (excludes halogenated alkanes) is 38. The molecule has 3 N–H and O–H groups in total. The molecule has 0 aromatic heterocycles. The van der Waals surface area contributed by atoms with Crippen LogP contribution in [-0.4, -0.2) is 46.9 Å². The Hall–Kier alpha value is -1.14. The van der Waals surface area contributed by atoms with Gasteiger partial charge in [-0.05, 0) is 25.7 Å². The van der Waals surface area contributed by atoms with E-state index < -0.39 is 18.2 Å². The van der Waals surface area contributed by atoms with Gasteiger partial charge >= 0.3 is 5.97 Å². The Balaban J connectivity index is 4.46. The van der Waals surface area contributed by atoms with Gasteiger partial charge in [0.25, 0.3) is 0 Å². The predicted molar refractivity (Wildman–Crippen MR) is 260 cm³/mol. The van der Waals surface area contributed by atoms with Gasteiger partial charge in [0.15, 0.2) is 0 Å². The van der Waals surface area contributed by atoms with Crippen molar-refractivity contribution in [2.45, 2.75) is 328 Å². The number of carbonyl (C=O) groups excluding carboxylic acids is 2. The molecule has 3 atom stereocenters. The number of rotatable bonds is 50. The van der Waals surface area contributed by atoms with Crippen LogP contribution >= 0.6 is 0 Å². The number of amides is 1. The first-order chi connectivity index (χ1) is 29.5. The van der Waals surface area contributed by atoms with E-state index in [0.717, 1.165) is 44.9 Å². The van der Waals surface area contributed by atoms with Crippen molar-refractivity contribution in [3.8, 4) is 0 Å². The topological polar surface area (TPSA) is 95.9 Å². The summed E-state index contributed by atoms with van der Waals surface area (Å²) in [5.74, 6) is -0.449. The Morgan fingerprint density at radius 3 is 1.02 bits per heavy atom. The number of aliphatic hydroxyl groups excluding tert-OH is 2. The highest BCUT2D eigenvalue weighted by molar-refractivity contribution is 5.77. The van der Waals surface area contributed by atoms with Crippen LogP contribution in [0.25, 0.3) is 0 Å². The maximum Gasteiger partial charge on any atom is 0.306 e. The molecule has 0 heterocycles. The molecule has 1 amide bonds. The lowest BCUT2D eigenvalue weighted by atomic mass is 10.0. The normalized spacial score (nSPS) is 13.1. The quantitative estimate of drug-likeness (QED) is 0.0419. The Labute approximate surface area is 375 Å². The highest BCUT2D eigenvalue weighted by atomic mass is 16.5. The average Bonchev–Trinajstić information content (AvgIpc) is 3.24. The number of hydrogen-bond donors (Lipinski definition) is 3. The molecule has 0 aliphatic heterocycles. The van der Waals surface area contributed by atoms with E-state index in [2.05, 4.69) is 26.1 Å². The van der Waals surface area contributed by atoms with Gasteiger partial charge in [0.05, 0.1) is 25.2 Å². The SMILES string of the molecule is CCCCCCCCCCCCCCCCCCC(O)C(CO)NC(=O)CC(CCCCCCCCCCCCCCC)OC(=O)CCCCCCCCCCCCCC. The van der Waals surface area contributed by atoms with Crippen LogP contribution < -0.4 is 5.32 Å². The van der Waals surface area contributed by atoms with E-state index in [1.165, 1.54) is 218 Å². The smallest absolute Gasteiger partial charge is 0.306 e. The summed E-state index contributed by atoms with van der Waals surface area (Å²) >= 11 is 0. The molecule has 0 saturated heterocycles. The van der Waals surface area contributed by atoms with Crippen LogP contribution in [0.15, 0.2) is 0 Å². The van der Waals surface area contributed by atoms with Crippen molar-refractivity contribution in [2.75, 3.05) is 6.61 Å². The molecule has 0 fully saturated rings. The van der Waals surface area contributed by atoms with E-state index in [-0.39, 0.29) is 24.9 Å². The van der Waals surface area contributed by atoms with Crippen LogP contribution in [0, 0.1) is 0 Å². The van der Waals surface area contributed by atoms with Gasteiger partial charge in [-0.15, -0.1) is 0 Å². The Morgan fingerprint density at radius 1 is 0.417 bits per heavy atom. The van der Waals surface area contributed by atoms with Gasteiger partial charge in [-0.25, -0.2) is 0 Å². The van der Waals surface area contributed by atoms with Crippen LogP contribution in [0.4, 0.5) is 0 Å². The first-order valence-corrected chi connectivity index (χ1v) is 27.3. The Bertz CT molecular complexity index is 867. The first-order valence-electron chi connectivity index (χ1n) is 27.3. The van der Waals surface area contributed by atoms with Crippen LogP contribution in [-0.2, 0) is 14.3 Å². The minimum absolute atomic E-state index is 0.0880. The van der Waals surface area contributed by atoms with E-state index in [9.17, 15) is 19.8 Å². The molecule has 0 spiro atoms. The summed E-state index contributed by atoms with van der Waals surface area (Å²) in [5, 5.41) is 23.8. The molecule has 6 heteroatoms. The molecule has 0 aliphatic rings. The summed E-state index contributed by atoms with van der Waals surface area (Å²) in [4.78, 5) is 26.1. The zero-order valence-electron chi connectivity index (χ0n) is 40.9. The number of carbonyl (C=O) groups is 2. The van der Waals surface area contributed by atoms with Crippen molar-refractivity contribution in [1.29, 1.82) is 0 Å². The third-order valence-corrected chi connectivity index (χ3v) is 12.9. The van der Waals surface area contributed by atoms with Crippen LogP contribution in [0.1, 0.15) is 310 Å². The molecule has 3 unspecified atom stereocenters. The molecule has 0 saturated carbocycles. The zero-order chi connectivity index (χ0) is 43.8. The summed E-state index contributed by atoms with van der Waals surface area (Å²) < 4.78 is 5.94. The van der Waals surface area contributed by atoms with Gasteiger partial charge in [0, 0.05) is 6.42 Å². The summed E-state index contributed by atoms with van der Waals surface area (Å²) in [7, 11) is 0. The van der Waals surface area contributed by atoms with E-state index in [1.54, 1.807) is 0 Å². The van der Waals surface area contributed by atoms with E-state index >= 15 is 0 Å². The zero-order valence-corrected chi connectivity index (χ0v) is 40.9. The second-order valence-corrected chi connectivity index (χ2v) is 19.0. The van der Waals surface area contributed by atoms with Crippen molar-refractivity contribution in [1.82, 2.24) is 5.32 Å². The van der Waals surface area contributed by atoms with Gasteiger partial charge in [0.2, 0.25) is 5.91 Å². The van der Waals surface area contributed by atoms with Gasteiger partial charge in [0.1, 0.15) is 6.10 Å². The molecule has 0 aliphatic carbocycles. The summed E-state index contributed by atoms with van der Waals surface area (Å²) in [6, 6.07) is -0.692. The third-order valence-electron chi connectivity index (χ3n) is 12.9. The number of ether oxygens (including phenoxy) is 1. The highest BCUT2D eigenvalue weighted by Crippen LogP contribution is 2.19. The molecule has 358 valence electrons. The lowest BCUT2D eigenvalue weighted by Crippen LogP contribution is -2.46. The molecule has 0 radical (unpaired) electrons. The predicted octanol–water partition coefficient (Wildman–Crippen LogP) is 16.4. The molecule has 0 aromatic rings. The second kappa shape index (κ2) is 48.9. The van der Waals surface area contributed by atoms with Crippen molar-refractivity contribution in [3.63, 3.8) is 0 Å². The van der Waals surface area contributed by atoms with Gasteiger partial charge in [-0.1, -0.05) is 271 Å². The maximum atomic E-state index is 13.2. The van der Waals surface area contributed by atoms with Crippen LogP contribution in [0.3, 0.4) is 0 Å². The molecular formula is C54H107NO5. The molecular weight excluding hydrogens is 743 g/mol. The summed E-state index contributed by atoms with van der Waals surface area (Å²) in [6.07, 6.45) is 53.0. The van der Waals surface area contributed by atoms with Crippen molar-refractivity contribution in [2.24, 2.45) is 0 Å². The van der Waals surface area contributed by atoms with Crippen LogP contribution in [0.5, 0.6) is 0 Å². The Morgan fingerprint density at radius 2 is 0.700 bits per heavy atom. The summed E-state index contributed by atoms with van der Waals surface area (Å²) in [6.45, 7) is 6.52. The van der Waals surface area contributed by atoms with E-state index in [1.807, 2.05) is 0 Å². The maximum absolute atomic E-state index is 13.2. The summed E-state index contributed by atoms with van der Waals surface area (Å²) in [5.41, 5.74) is 0. The van der Waals surface area contributed by atoms with Gasteiger partial charge in [-0.3, -0.25) is 9.59 Å².